The maximum absolute atomic E-state index is 2.60. The van der Waals surface area contributed by atoms with Crippen molar-refractivity contribution in [3.8, 4) is 0 Å². The molecule has 21 heavy (non-hydrogen) atoms. The van der Waals surface area contributed by atoms with E-state index in [1.807, 2.05) is 0 Å². The molecule has 1 aliphatic rings. The van der Waals surface area contributed by atoms with Crippen LogP contribution >= 0.6 is 0 Å². The molecule has 0 spiro atoms. The van der Waals surface area contributed by atoms with E-state index in [4.69, 9.17) is 0 Å². The Bertz CT molecular complexity index is 552. The van der Waals surface area contributed by atoms with Gasteiger partial charge in [0.2, 0.25) is 0 Å². The van der Waals surface area contributed by atoms with Crippen LogP contribution in [0.2, 0.25) is 0 Å². The van der Waals surface area contributed by atoms with Crippen LogP contribution in [0.5, 0.6) is 0 Å². The molecule has 0 bridgehead atoms. The van der Waals surface area contributed by atoms with Gasteiger partial charge in [-0.25, -0.2) is 0 Å². The Hall–Kier alpha value is -1.80. The minimum absolute atomic E-state index is 0.548. The van der Waals surface area contributed by atoms with E-state index < -0.39 is 0 Å². The smallest absolute Gasteiger partial charge is 0.0389 e. The lowest BCUT2D eigenvalue weighted by Gasteiger charge is -2.45. The zero-order valence-corrected chi connectivity index (χ0v) is 12.9. The SMILES string of the molecule is C[C@H]1CN(c2ccccc2)[C@@H](C)CN1Cc1ccccc1. The Labute approximate surface area is 128 Å². The van der Waals surface area contributed by atoms with Crippen molar-refractivity contribution < 1.29 is 0 Å². The van der Waals surface area contributed by atoms with E-state index in [2.05, 4.69) is 84.3 Å². The molecule has 3 rings (SSSR count). The van der Waals surface area contributed by atoms with E-state index in [-0.39, 0.29) is 0 Å². The third-order valence-electron chi connectivity index (χ3n) is 4.43. The monoisotopic (exact) mass is 280 g/mol. The Kier molecular flexibility index (Phi) is 4.26. The van der Waals surface area contributed by atoms with Crippen molar-refractivity contribution in [3.05, 3.63) is 66.2 Å². The van der Waals surface area contributed by atoms with Crippen molar-refractivity contribution in [2.75, 3.05) is 18.0 Å². The highest BCUT2D eigenvalue weighted by molar-refractivity contribution is 5.47. The number of benzene rings is 2. The molecule has 1 aliphatic heterocycles. The number of hydrogen-bond donors (Lipinski definition) is 0. The number of nitrogens with zero attached hydrogens (tertiary/aromatic N) is 2. The molecule has 0 radical (unpaired) electrons. The zero-order chi connectivity index (χ0) is 14.7. The number of para-hydroxylation sites is 1. The van der Waals surface area contributed by atoms with Crippen LogP contribution in [0.25, 0.3) is 0 Å². The van der Waals surface area contributed by atoms with Gasteiger partial charge in [-0.3, -0.25) is 4.90 Å². The average Bonchev–Trinajstić information content (AvgIpc) is 2.52. The fourth-order valence-electron chi connectivity index (χ4n) is 3.22. The van der Waals surface area contributed by atoms with Crippen LogP contribution in [0.3, 0.4) is 0 Å². The molecule has 0 N–H and O–H groups in total. The Balaban J connectivity index is 1.69. The zero-order valence-electron chi connectivity index (χ0n) is 12.9. The molecule has 110 valence electrons. The second-order valence-electron chi connectivity index (χ2n) is 6.10. The first-order chi connectivity index (χ1) is 10.2. The molecule has 0 amide bonds. The Morgan fingerprint density at radius 2 is 1.43 bits per heavy atom. The summed E-state index contributed by atoms with van der Waals surface area (Å²) in [6.45, 7) is 7.93. The average molecular weight is 280 g/mol. The van der Waals surface area contributed by atoms with E-state index in [1.54, 1.807) is 0 Å². The number of rotatable bonds is 3. The lowest BCUT2D eigenvalue weighted by Crippen LogP contribution is -2.56. The molecule has 0 aromatic heterocycles. The maximum atomic E-state index is 2.60. The molecular weight excluding hydrogens is 256 g/mol. The molecule has 2 aromatic carbocycles. The first kappa shape index (κ1) is 14.2. The summed E-state index contributed by atoms with van der Waals surface area (Å²) in [5, 5.41) is 0. The Morgan fingerprint density at radius 3 is 2.10 bits per heavy atom. The van der Waals surface area contributed by atoms with Gasteiger partial charge in [-0.15, -0.1) is 0 Å². The summed E-state index contributed by atoms with van der Waals surface area (Å²) in [5.41, 5.74) is 2.75. The van der Waals surface area contributed by atoms with Crippen molar-refractivity contribution in [1.29, 1.82) is 0 Å². The minimum atomic E-state index is 0.548. The van der Waals surface area contributed by atoms with E-state index in [1.165, 1.54) is 11.3 Å². The van der Waals surface area contributed by atoms with Crippen LogP contribution in [-0.4, -0.2) is 30.1 Å². The van der Waals surface area contributed by atoms with Gasteiger partial charge in [-0.05, 0) is 31.5 Å². The van der Waals surface area contributed by atoms with Crippen LogP contribution in [0.4, 0.5) is 5.69 Å². The van der Waals surface area contributed by atoms with Crippen molar-refractivity contribution in [3.63, 3.8) is 0 Å². The highest BCUT2D eigenvalue weighted by Gasteiger charge is 2.28. The summed E-state index contributed by atoms with van der Waals surface area (Å²) in [7, 11) is 0. The lowest BCUT2D eigenvalue weighted by atomic mass is 10.1. The van der Waals surface area contributed by atoms with Crippen LogP contribution in [0, 0.1) is 0 Å². The highest BCUT2D eigenvalue weighted by atomic mass is 15.3. The van der Waals surface area contributed by atoms with Gasteiger partial charge in [-0.1, -0.05) is 48.5 Å². The molecule has 0 aliphatic carbocycles. The van der Waals surface area contributed by atoms with Gasteiger partial charge >= 0.3 is 0 Å². The van der Waals surface area contributed by atoms with Gasteiger partial charge in [0.05, 0.1) is 0 Å². The third kappa shape index (κ3) is 3.27. The summed E-state index contributed by atoms with van der Waals surface area (Å²) in [4.78, 5) is 5.13. The lowest BCUT2D eigenvalue weighted by molar-refractivity contribution is 0.158. The summed E-state index contributed by atoms with van der Waals surface area (Å²) in [6.07, 6.45) is 0. The van der Waals surface area contributed by atoms with Gasteiger partial charge in [-0.2, -0.15) is 0 Å². The van der Waals surface area contributed by atoms with E-state index >= 15 is 0 Å². The van der Waals surface area contributed by atoms with E-state index in [0.29, 0.717) is 12.1 Å². The second-order valence-corrected chi connectivity index (χ2v) is 6.10. The summed E-state index contributed by atoms with van der Waals surface area (Å²) < 4.78 is 0. The normalized spacial score (nSPS) is 23.2. The third-order valence-corrected chi connectivity index (χ3v) is 4.43. The van der Waals surface area contributed by atoms with E-state index in [9.17, 15) is 0 Å². The maximum Gasteiger partial charge on any atom is 0.0389 e. The first-order valence-electron chi connectivity index (χ1n) is 7.83. The van der Waals surface area contributed by atoms with Crippen LogP contribution in [0.15, 0.2) is 60.7 Å². The second kappa shape index (κ2) is 6.31. The number of anilines is 1. The van der Waals surface area contributed by atoms with Gasteiger partial charge < -0.3 is 4.90 Å². The molecule has 2 atom stereocenters. The highest BCUT2D eigenvalue weighted by Crippen LogP contribution is 2.24. The molecule has 0 unspecified atom stereocenters. The largest absolute Gasteiger partial charge is 0.366 e. The minimum Gasteiger partial charge on any atom is -0.366 e. The van der Waals surface area contributed by atoms with Crippen LogP contribution in [0.1, 0.15) is 19.4 Å². The Morgan fingerprint density at radius 1 is 0.810 bits per heavy atom. The van der Waals surface area contributed by atoms with Gasteiger partial charge in [0.1, 0.15) is 0 Å². The summed E-state index contributed by atoms with van der Waals surface area (Å²) >= 11 is 0. The molecule has 1 fully saturated rings. The standard InChI is InChI=1S/C19H24N2/c1-16-14-21(19-11-7-4-8-12-19)17(2)13-20(16)15-18-9-5-3-6-10-18/h3-12,16-17H,13-15H2,1-2H3/t16-,17-/m0/s1. The number of piperazine rings is 1. The molecule has 2 aromatic rings. The van der Waals surface area contributed by atoms with E-state index in [0.717, 1.165) is 19.6 Å². The molecule has 1 heterocycles. The van der Waals surface area contributed by atoms with Crippen LogP contribution in [-0.2, 0) is 6.54 Å². The van der Waals surface area contributed by atoms with Crippen molar-refractivity contribution >= 4 is 5.69 Å². The summed E-state index contributed by atoms with van der Waals surface area (Å²) in [6, 6.07) is 22.7. The fourth-order valence-corrected chi connectivity index (χ4v) is 3.22. The first-order valence-corrected chi connectivity index (χ1v) is 7.83. The molecular formula is C19H24N2. The van der Waals surface area contributed by atoms with Gasteiger partial charge in [0.15, 0.2) is 0 Å². The molecule has 1 saturated heterocycles. The van der Waals surface area contributed by atoms with Crippen molar-refractivity contribution in [2.45, 2.75) is 32.5 Å². The van der Waals surface area contributed by atoms with Gasteiger partial charge in [0, 0.05) is 37.4 Å². The predicted octanol–water partition coefficient (Wildman–Crippen LogP) is 3.79. The quantitative estimate of drug-likeness (QED) is 0.844. The predicted molar refractivity (Wildman–Crippen MR) is 89.6 cm³/mol. The fraction of sp³-hybridized carbons (Fsp3) is 0.368. The van der Waals surface area contributed by atoms with Crippen molar-refractivity contribution in [2.24, 2.45) is 0 Å². The topological polar surface area (TPSA) is 6.48 Å². The van der Waals surface area contributed by atoms with Crippen molar-refractivity contribution in [1.82, 2.24) is 4.90 Å². The summed E-state index contributed by atoms with van der Waals surface area (Å²) in [5.74, 6) is 0. The van der Waals surface area contributed by atoms with Gasteiger partial charge in [0.25, 0.3) is 0 Å². The van der Waals surface area contributed by atoms with Crippen LogP contribution < -0.4 is 4.90 Å². The molecule has 2 nitrogen and oxygen atoms in total. The molecule has 2 heteroatoms. The number of hydrogen-bond acceptors (Lipinski definition) is 2. The molecule has 0 saturated carbocycles.